The first-order valence-electron chi connectivity index (χ1n) is 13.4. The summed E-state index contributed by atoms with van der Waals surface area (Å²) in [5, 5.41) is 1.70. The van der Waals surface area contributed by atoms with Crippen molar-refractivity contribution in [2.24, 2.45) is 14.1 Å². The molecule has 0 amide bonds. The highest BCUT2D eigenvalue weighted by Gasteiger charge is 2.18. The number of hydrogen-bond acceptors (Lipinski definition) is 12. The van der Waals surface area contributed by atoms with Gasteiger partial charge in [0, 0.05) is 37.3 Å². The molecular formula is C30H22F4N6O6S2. The molecule has 4 aromatic heterocycles. The lowest BCUT2D eigenvalue weighted by Gasteiger charge is -2.10. The Morgan fingerprint density at radius 3 is 1.52 bits per heavy atom. The summed E-state index contributed by atoms with van der Waals surface area (Å²) in [6.45, 7) is 0. The van der Waals surface area contributed by atoms with Gasteiger partial charge in [-0.15, -0.1) is 0 Å². The van der Waals surface area contributed by atoms with Crippen LogP contribution in [0.2, 0.25) is 0 Å². The van der Waals surface area contributed by atoms with Gasteiger partial charge < -0.3 is 9.47 Å². The Labute approximate surface area is 276 Å². The highest BCUT2D eigenvalue weighted by molar-refractivity contribution is 7.98. The van der Waals surface area contributed by atoms with Crippen molar-refractivity contribution in [2.45, 2.75) is 10.3 Å². The van der Waals surface area contributed by atoms with Crippen LogP contribution in [0.15, 0.2) is 80.8 Å². The number of rotatable bonds is 8. The summed E-state index contributed by atoms with van der Waals surface area (Å²) >= 11 is 2.11. The molecule has 0 spiro atoms. The number of nitrogens with zero attached hydrogens (tertiary/aromatic N) is 6. The Morgan fingerprint density at radius 1 is 0.688 bits per heavy atom. The maximum atomic E-state index is 13.7. The van der Waals surface area contributed by atoms with Gasteiger partial charge in [-0.25, -0.2) is 42.4 Å². The summed E-state index contributed by atoms with van der Waals surface area (Å²) in [6, 6.07) is 9.27. The Balaban J connectivity index is 0.000000188. The number of thioether (sulfide) groups is 1. The van der Waals surface area contributed by atoms with Crippen molar-refractivity contribution in [3.8, 4) is 23.0 Å². The summed E-state index contributed by atoms with van der Waals surface area (Å²) in [4.78, 5) is 45.7. The first-order valence-corrected chi connectivity index (χ1v) is 15.4. The quantitative estimate of drug-likeness (QED) is 0.0453. The van der Waals surface area contributed by atoms with Crippen LogP contribution in [0.25, 0.3) is 22.1 Å². The fourth-order valence-corrected chi connectivity index (χ4v) is 4.82. The van der Waals surface area contributed by atoms with Gasteiger partial charge in [0.2, 0.25) is 5.16 Å². The van der Waals surface area contributed by atoms with Gasteiger partial charge in [-0.1, -0.05) is 23.9 Å². The molecule has 2 aromatic carbocycles. The first-order chi connectivity index (χ1) is 23.0. The third kappa shape index (κ3) is 7.25. The van der Waals surface area contributed by atoms with E-state index in [0.717, 1.165) is 36.3 Å². The van der Waals surface area contributed by atoms with E-state index >= 15 is 0 Å². The highest BCUT2D eigenvalue weighted by atomic mass is 32.2. The lowest BCUT2D eigenvalue weighted by molar-refractivity contribution is -0.160. The van der Waals surface area contributed by atoms with Crippen LogP contribution >= 0.6 is 23.8 Å². The van der Waals surface area contributed by atoms with E-state index in [1.165, 1.54) is 78.8 Å². The van der Waals surface area contributed by atoms with Gasteiger partial charge in [-0.05, 0) is 42.7 Å². The molecule has 18 heteroatoms. The molecule has 0 saturated heterocycles. The smallest absolute Gasteiger partial charge is 0.294 e. The Bertz CT molecular complexity index is 2230. The molecule has 6 rings (SSSR count). The van der Waals surface area contributed by atoms with Gasteiger partial charge >= 0.3 is 0 Å². The Hall–Kier alpha value is -5.04. The maximum absolute atomic E-state index is 13.7. The summed E-state index contributed by atoms with van der Waals surface area (Å²) in [5.74, 6) is -5.34. The number of benzene rings is 2. The van der Waals surface area contributed by atoms with Gasteiger partial charge in [-0.2, -0.15) is 4.33 Å². The average Bonchev–Trinajstić information content (AvgIpc) is 3.08. The topological polar surface area (TPSA) is 132 Å². The molecule has 6 aromatic rings. The zero-order valence-electron chi connectivity index (χ0n) is 25.2. The van der Waals surface area contributed by atoms with Gasteiger partial charge in [0.1, 0.15) is 23.3 Å². The number of para-hydroxylation sites is 2. The molecule has 48 heavy (non-hydrogen) atoms. The fraction of sp³-hybridized carbons (Fsp3) is 0.133. The maximum Gasteiger partial charge on any atom is 0.294 e. The van der Waals surface area contributed by atoms with Crippen molar-refractivity contribution in [1.82, 2.24) is 29.1 Å². The van der Waals surface area contributed by atoms with E-state index in [1.54, 1.807) is 0 Å². The summed E-state index contributed by atoms with van der Waals surface area (Å²) < 4.78 is 72.3. The van der Waals surface area contributed by atoms with Gasteiger partial charge in [0.25, 0.3) is 11.1 Å². The summed E-state index contributed by atoms with van der Waals surface area (Å²) in [6.07, 6.45) is 4.77. The van der Waals surface area contributed by atoms with E-state index in [0.29, 0.717) is 27.2 Å². The average molecular weight is 703 g/mol. The van der Waals surface area contributed by atoms with E-state index in [-0.39, 0.29) is 16.7 Å². The van der Waals surface area contributed by atoms with Crippen LogP contribution in [0.3, 0.4) is 0 Å². The van der Waals surface area contributed by atoms with Crippen LogP contribution < -0.4 is 20.6 Å². The molecule has 0 saturated carbocycles. The SMILES string of the molecule is COOSc1ncc2cc(Oc3c(F)cccc3F)c(=O)n(C)c2n1.CSc1ncc2cc(Oc3c(F)cccc3F)c(=O)n(C)c2n1. The third-order valence-corrected chi connectivity index (χ3v) is 7.52. The van der Waals surface area contributed by atoms with Crippen molar-refractivity contribution in [1.29, 1.82) is 0 Å². The van der Waals surface area contributed by atoms with Crippen LogP contribution in [0.5, 0.6) is 23.0 Å². The van der Waals surface area contributed by atoms with Crippen LogP contribution in [0, 0.1) is 23.3 Å². The van der Waals surface area contributed by atoms with Crippen LogP contribution in [0.4, 0.5) is 17.6 Å². The minimum Gasteiger partial charge on any atom is -0.445 e. The van der Waals surface area contributed by atoms with Crippen LogP contribution in [0.1, 0.15) is 0 Å². The molecule has 0 atom stereocenters. The number of aromatic nitrogens is 6. The molecule has 248 valence electrons. The predicted octanol–water partition coefficient (Wildman–Crippen LogP) is 6.11. The molecule has 0 aliphatic carbocycles. The van der Waals surface area contributed by atoms with Crippen molar-refractivity contribution in [2.75, 3.05) is 13.4 Å². The normalized spacial score (nSPS) is 11.0. The van der Waals surface area contributed by atoms with E-state index in [9.17, 15) is 27.2 Å². The number of halogens is 4. The number of aryl methyl sites for hydroxylation is 2. The largest absolute Gasteiger partial charge is 0.445 e. The number of hydrogen-bond donors (Lipinski definition) is 0. The van der Waals surface area contributed by atoms with Crippen LogP contribution in [-0.4, -0.2) is 42.4 Å². The Morgan fingerprint density at radius 2 is 1.10 bits per heavy atom. The molecule has 0 radical (unpaired) electrons. The van der Waals surface area contributed by atoms with Crippen molar-refractivity contribution in [3.63, 3.8) is 0 Å². The Kier molecular flexibility index (Phi) is 10.6. The summed E-state index contributed by atoms with van der Waals surface area (Å²) in [5.41, 5.74) is -0.456. The predicted molar refractivity (Wildman–Crippen MR) is 168 cm³/mol. The second kappa shape index (κ2) is 14.8. The zero-order valence-corrected chi connectivity index (χ0v) is 26.9. The minimum atomic E-state index is -0.915. The molecular weight excluding hydrogens is 680 g/mol. The molecule has 12 nitrogen and oxygen atoms in total. The van der Waals surface area contributed by atoms with E-state index in [4.69, 9.17) is 9.47 Å². The molecule has 0 unspecified atom stereocenters. The highest BCUT2D eigenvalue weighted by Crippen LogP contribution is 2.29. The van der Waals surface area contributed by atoms with Crippen LogP contribution in [-0.2, 0) is 23.3 Å². The summed E-state index contributed by atoms with van der Waals surface area (Å²) in [7, 11) is 4.29. The van der Waals surface area contributed by atoms with Gasteiger partial charge in [0.05, 0.1) is 7.11 Å². The molecule has 0 aliphatic heterocycles. The van der Waals surface area contributed by atoms with Crippen molar-refractivity contribution in [3.05, 3.63) is 105 Å². The fourth-order valence-electron chi connectivity index (χ4n) is 4.13. The molecule has 4 heterocycles. The molecule has 0 aliphatic rings. The van der Waals surface area contributed by atoms with Crippen molar-refractivity contribution < 1.29 is 36.3 Å². The second-order valence-corrected chi connectivity index (χ2v) is 10.9. The van der Waals surface area contributed by atoms with E-state index in [2.05, 4.69) is 29.2 Å². The van der Waals surface area contributed by atoms with Gasteiger partial charge in [0.15, 0.2) is 51.4 Å². The number of ether oxygens (including phenoxy) is 2. The number of pyridine rings is 2. The third-order valence-electron chi connectivity index (χ3n) is 6.41. The number of fused-ring (bicyclic) bond motifs is 2. The molecule has 0 N–H and O–H groups in total. The zero-order chi connectivity index (χ0) is 34.5. The van der Waals surface area contributed by atoms with E-state index < -0.39 is 45.9 Å². The lowest BCUT2D eigenvalue weighted by atomic mass is 10.3. The lowest BCUT2D eigenvalue weighted by Crippen LogP contribution is -2.19. The second-order valence-electron chi connectivity index (χ2n) is 9.44. The monoisotopic (exact) mass is 702 g/mol. The van der Waals surface area contributed by atoms with Crippen molar-refractivity contribution >= 4 is 45.9 Å². The van der Waals surface area contributed by atoms with Gasteiger partial charge in [-0.3, -0.25) is 18.7 Å². The molecule has 0 fully saturated rings. The standard InChI is InChI=1S/C15H11F2N3O4S.C15H11F2N3O2S/c1-20-13-8(7-18-15(19-13)25-24-22-2)6-11(14(20)21)23-12-9(16)4-3-5-10(12)17;1-20-13-8(7-18-15(19-13)23-2)6-11(14(20)21)22-12-9(16)4-3-5-10(12)17/h3-7H,1-2H3;3-7H,1-2H3. The first kappa shape index (κ1) is 34.3. The minimum absolute atomic E-state index is 0.204. The molecule has 0 bridgehead atoms. The van der Waals surface area contributed by atoms with E-state index in [1.807, 2.05) is 6.26 Å².